The Bertz CT molecular complexity index is 786. The zero-order valence-corrected chi connectivity index (χ0v) is 17.9. The molecule has 5 nitrogen and oxygen atoms in total. The first-order valence-corrected chi connectivity index (χ1v) is 10.1. The first-order valence-electron chi connectivity index (χ1n) is 8.33. The Hall–Kier alpha value is -1.50. The van der Waals surface area contributed by atoms with Crippen LogP contribution in [0.3, 0.4) is 0 Å². The molecule has 0 bridgehead atoms. The van der Waals surface area contributed by atoms with Crippen molar-refractivity contribution in [3.63, 3.8) is 0 Å². The Labute approximate surface area is 183 Å². The van der Waals surface area contributed by atoms with E-state index in [1.54, 1.807) is 42.5 Å². The highest BCUT2D eigenvalue weighted by atomic mass is 35.5. The lowest BCUT2D eigenvalue weighted by Crippen LogP contribution is -2.60. The Morgan fingerprint density at radius 3 is 1.57 bits per heavy atom. The number of halogens is 4. The topological polar surface area (TPSA) is 70.2 Å². The quantitative estimate of drug-likeness (QED) is 0.410. The first-order chi connectivity index (χ1) is 13.3. The van der Waals surface area contributed by atoms with Crippen molar-refractivity contribution in [3.8, 4) is 0 Å². The molecule has 2 atom stereocenters. The van der Waals surface area contributed by atoms with Crippen LogP contribution in [0.4, 0.5) is 0 Å². The normalized spacial score (nSPS) is 13.2. The van der Waals surface area contributed by atoms with Gasteiger partial charge in [-0.1, -0.05) is 35.9 Å². The Morgan fingerprint density at radius 2 is 1.14 bits per heavy atom. The number of rotatable bonds is 8. The van der Waals surface area contributed by atoms with Crippen LogP contribution in [0.15, 0.2) is 54.6 Å². The summed E-state index contributed by atoms with van der Waals surface area (Å²) in [7, 11) is 0. The molecule has 0 aliphatic heterocycles. The van der Waals surface area contributed by atoms with Gasteiger partial charge in [0.05, 0.1) is 0 Å². The van der Waals surface area contributed by atoms with Crippen molar-refractivity contribution in [1.82, 2.24) is 16.0 Å². The maximum absolute atomic E-state index is 12.4. The van der Waals surface area contributed by atoms with Gasteiger partial charge >= 0.3 is 0 Å². The Balaban J connectivity index is 2.07. The van der Waals surface area contributed by atoms with Crippen LogP contribution in [0, 0.1) is 6.92 Å². The molecule has 2 aromatic carbocycles. The van der Waals surface area contributed by atoms with Gasteiger partial charge in [0.1, 0.15) is 22.0 Å². The van der Waals surface area contributed by atoms with E-state index in [4.69, 9.17) is 46.4 Å². The van der Waals surface area contributed by atoms with Crippen molar-refractivity contribution >= 4 is 58.2 Å². The largest absolute Gasteiger partial charge is 0.334 e. The van der Waals surface area contributed by atoms with Gasteiger partial charge in [0, 0.05) is 11.1 Å². The van der Waals surface area contributed by atoms with Crippen LogP contribution in [0.5, 0.6) is 0 Å². The van der Waals surface area contributed by atoms with E-state index in [0.29, 0.717) is 11.1 Å². The van der Waals surface area contributed by atoms with Gasteiger partial charge in [0.15, 0.2) is 0 Å². The van der Waals surface area contributed by atoms with Crippen LogP contribution < -0.4 is 16.0 Å². The maximum Gasteiger partial charge on any atom is 0.252 e. The zero-order valence-electron chi connectivity index (χ0n) is 14.8. The molecule has 0 saturated carbocycles. The molecule has 0 saturated heterocycles. The summed E-state index contributed by atoms with van der Waals surface area (Å²) in [4.78, 5) is 22.7. The van der Waals surface area contributed by atoms with Crippen molar-refractivity contribution in [2.45, 2.75) is 28.9 Å². The number of hydrogen-bond donors (Lipinski definition) is 3. The number of carbonyl (C=O) groups excluding carboxylic acids is 2. The minimum Gasteiger partial charge on any atom is -0.334 e. The summed E-state index contributed by atoms with van der Waals surface area (Å²) in [6.07, 6.45) is -1.84. The van der Waals surface area contributed by atoms with Gasteiger partial charge in [-0.3, -0.25) is 14.9 Å². The Kier molecular flexibility index (Phi) is 8.86. The van der Waals surface area contributed by atoms with E-state index in [1.165, 1.54) is 0 Å². The smallest absolute Gasteiger partial charge is 0.252 e. The molecule has 0 heterocycles. The summed E-state index contributed by atoms with van der Waals surface area (Å²) in [5.74, 6) is -0.786. The fourth-order valence-corrected chi connectivity index (χ4v) is 2.83. The molecule has 2 unspecified atom stereocenters. The molecule has 2 rings (SSSR count). The standard InChI is InChI=1S/C19H19Cl4N3O2/c1-11-7-9-13(10-8-11)19(28)26-17(15(22)23)24-16(14(20)21)25-18(27)12-5-3-2-4-6-12/h2-10,14-17,24H,1H3,(H,25,27)(H,26,28). The fourth-order valence-electron chi connectivity index (χ4n) is 2.29. The summed E-state index contributed by atoms with van der Waals surface area (Å²) in [5, 5.41) is 8.20. The number of carbonyl (C=O) groups is 2. The number of hydrogen-bond acceptors (Lipinski definition) is 3. The summed E-state index contributed by atoms with van der Waals surface area (Å²) >= 11 is 24.0. The van der Waals surface area contributed by atoms with E-state index >= 15 is 0 Å². The summed E-state index contributed by atoms with van der Waals surface area (Å²) < 4.78 is 0. The molecule has 3 N–H and O–H groups in total. The predicted molar refractivity (Wildman–Crippen MR) is 114 cm³/mol. The number of alkyl halides is 4. The first kappa shape index (κ1) is 22.8. The molecule has 0 spiro atoms. The van der Waals surface area contributed by atoms with E-state index in [0.717, 1.165) is 5.56 Å². The lowest BCUT2D eigenvalue weighted by atomic mass is 10.1. The van der Waals surface area contributed by atoms with Crippen molar-refractivity contribution in [2.24, 2.45) is 0 Å². The third-order valence-electron chi connectivity index (χ3n) is 3.79. The highest BCUT2D eigenvalue weighted by Gasteiger charge is 2.28. The molecule has 0 aliphatic carbocycles. The molecule has 28 heavy (non-hydrogen) atoms. The van der Waals surface area contributed by atoms with E-state index in [-0.39, 0.29) is 0 Å². The Morgan fingerprint density at radius 1 is 0.714 bits per heavy atom. The molecule has 0 aliphatic rings. The number of benzene rings is 2. The van der Waals surface area contributed by atoms with Crippen LogP contribution >= 0.6 is 46.4 Å². The van der Waals surface area contributed by atoms with Gasteiger partial charge < -0.3 is 10.6 Å². The van der Waals surface area contributed by atoms with Crippen molar-refractivity contribution in [1.29, 1.82) is 0 Å². The minimum absolute atomic E-state index is 0.391. The SMILES string of the molecule is Cc1ccc(C(=O)NC(NC(NC(=O)c2ccccc2)C(Cl)Cl)C(Cl)Cl)cc1. The zero-order chi connectivity index (χ0) is 20.7. The minimum atomic E-state index is -1.03. The predicted octanol–water partition coefficient (Wildman–Crippen LogP) is 4.00. The van der Waals surface area contributed by atoms with Crippen LogP contribution in [0.2, 0.25) is 0 Å². The number of amides is 2. The van der Waals surface area contributed by atoms with Crippen LogP contribution in [-0.2, 0) is 0 Å². The molecule has 0 aromatic heterocycles. The number of nitrogens with one attached hydrogen (secondary N) is 3. The van der Waals surface area contributed by atoms with Crippen LogP contribution in [0.1, 0.15) is 26.3 Å². The van der Waals surface area contributed by atoms with E-state index in [9.17, 15) is 9.59 Å². The molecular formula is C19H19Cl4N3O2. The molecule has 0 radical (unpaired) electrons. The highest BCUT2D eigenvalue weighted by molar-refractivity contribution is 6.45. The van der Waals surface area contributed by atoms with Gasteiger partial charge in [-0.05, 0) is 31.2 Å². The maximum atomic E-state index is 12.4. The van der Waals surface area contributed by atoms with Gasteiger partial charge in [0.25, 0.3) is 11.8 Å². The van der Waals surface area contributed by atoms with Gasteiger partial charge in [-0.15, -0.1) is 46.4 Å². The van der Waals surface area contributed by atoms with Gasteiger partial charge in [0.2, 0.25) is 0 Å². The molecule has 0 fully saturated rings. The molecule has 2 amide bonds. The molecule has 9 heteroatoms. The van der Waals surface area contributed by atoms with Crippen molar-refractivity contribution < 1.29 is 9.59 Å². The van der Waals surface area contributed by atoms with Gasteiger partial charge in [-0.2, -0.15) is 0 Å². The average molecular weight is 463 g/mol. The summed E-state index contributed by atoms with van der Waals surface area (Å²) in [6, 6.07) is 15.5. The van der Waals surface area contributed by atoms with Crippen molar-refractivity contribution in [2.75, 3.05) is 0 Å². The van der Waals surface area contributed by atoms with Crippen molar-refractivity contribution in [3.05, 3.63) is 71.3 Å². The third kappa shape index (κ3) is 6.83. The lowest BCUT2D eigenvalue weighted by Gasteiger charge is -2.28. The van der Waals surface area contributed by atoms with E-state index < -0.39 is 33.8 Å². The number of aryl methyl sites for hydroxylation is 1. The third-order valence-corrected chi connectivity index (χ3v) is 4.79. The van der Waals surface area contributed by atoms with Crippen LogP contribution in [-0.4, -0.2) is 33.8 Å². The molecular weight excluding hydrogens is 444 g/mol. The summed E-state index contributed by atoms with van der Waals surface area (Å²) in [5.41, 5.74) is 1.89. The van der Waals surface area contributed by atoms with Crippen LogP contribution in [0.25, 0.3) is 0 Å². The highest BCUT2D eigenvalue weighted by Crippen LogP contribution is 2.13. The average Bonchev–Trinajstić information content (AvgIpc) is 2.67. The molecule has 150 valence electrons. The fraction of sp³-hybridized carbons (Fsp3) is 0.263. The molecule has 2 aromatic rings. The summed E-state index contributed by atoms with van der Waals surface area (Å²) in [6.45, 7) is 1.92. The van der Waals surface area contributed by atoms with E-state index in [1.807, 2.05) is 19.1 Å². The second-order valence-electron chi connectivity index (χ2n) is 5.97. The van der Waals surface area contributed by atoms with Gasteiger partial charge in [-0.25, -0.2) is 0 Å². The van der Waals surface area contributed by atoms with E-state index in [2.05, 4.69) is 16.0 Å². The second kappa shape index (κ2) is 10.9. The second-order valence-corrected chi connectivity index (χ2v) is 8.30. The monoisotopic (exact) mass is 461 g/mol. The lowest BCUT2D eigenvalue weighted by molar-refractivity contribution is 0.0911.